The standard InChI is InChI=1S/C9H7FO2/c10-5-8-4-6-3-7(11)1-2-9(6)12-8/h1-4,11H,5H2. The van der Waals surface area contributed by atoms with Gasteiger partial charge in [-0.05, 0) is 24.3 Å². The van der Waals surface area contributed by atoms with E-state index in [4.69, 9.17) is 9.52 Å². The van der Waals surface area contributed by atoms with Gasteiger partial charge in [0.15, 0.2) is 0 Å². The van der Waals surface area contributed by atoms with Crippen molar-refractivity contribution in [3.8, 4) is 5.75 Å². The summed E-state index contributed by atoms with van der Waals surface area (Å²) in [6.45, 7) is -0.616. The second-order valence-corrected chi connectivity index (χ2v) is 2.57. The van der Waals surface area contributed by atoms with Crippen molar-refractivity contribution in [3.05, 3.63) is 30.0 Å². The highest BCUT2D eigenvalue weighted by molar-refractivity contribution is 5.79. The molecule has 3 heteroatoms. The van der Waals surface area contributed by atoms with E-state index in [9.17, 15) is 4.39 Å². The lowest BCUT2D eigenvalue weighted by Gasteiger charge is -1.88. The average Bonchev–Trinajstić information content (AvgIpc) is 2.46. The zero-order chi connectivity index (χ0) is 8.55. The van der Waals surface area contributed by atoms with Crippen LogP contribution < -0.4 is 0 Å². The molecule has 12 heavy (non-hydrogen) atoms. The van der Waals surface area contributed by atoms with E-state index in [-0.39, 0.29) is 11.5 Å². The van der Waals surface area contributed by atoms with E-state index in [0.717, 1.165) is 5.39 Å². The number of rotatable bonds is 1. The molecular formula is C9H7FO2. The molecule has 2 nitrogen and oxygen atoms in total. The van der Waals surface area contributed by atoms with Gasteiger partial charge in [-0.25, -0.2) is 4.39 Å². The van der Waals surface area contributed by atoms with Gasteiger partial charge in [-0.3, -0.25) is 0 Å². The fourth-order valence-electron chi connectivity index (χ4n) is 1.15. The quantitative estimate of drug-likeness (QED) is 0.706. The molecule has 0 atom stereocenters. The van der Waals surface area contributed by atoms with Crippen molar-refractivity contribution >= 4 is 11.0 Å². The molecule has 0 saturated carbocycles. The number of hydrogen-bond acceptors (Lipinski definition) is 2. The Bertz CT molecular complexity index is 406. The molecule has 0 amide bonds. The minimum absolute atomic E-state index is 0.161. The number of halogens is 1. The van der Waals surface area contributed by atoms with Gasteiger partial charge in [0.05, 0.1) is 0 Å². The van der Waals surface area contributed by atoms with E-state index in [2.05, 4.69) is 0 Å². The highest BCUT2D eigenvalue weighted by atomic mass is 19.1. The van der Waals surface area contributed by atoms with E-state index < -0.39 is 6.67 Å². The van der Waals surface area contributed by atoms with E-state index in [1.165, 1.54) is 12.1 Å². The fourth-order valence-corrected chi connectivity index (χ4v) is 1.15. The Morgan fingerprint density at radius 2 is 2.17 bits per heavy atom. The molecule has 0 saturated heterocycles. The predicted molar refractivity (Wildman–Crippen MR) is 42.7 cm³/mol. The monoisotopic (exact) mass is 166 g/mol. The number of aromatic hydroxyl groups is 1. The van der Waals surface area contributed by atoms with Crippen LogP contribution in [0.1, 0.15) is 5.76 Å². The second-order valence-electron chi connectivity index (χ2n) is 2.57. The lowest BCUT2D eigenvalue weighted by atomic mass is 10.2. The van der Waals surface area contributed by atoms with Crippen molar-refractivity contribution in [2.45, 2.75) is 6.67 Å². The Labute approximate surface area is 68.2 Å². The number of phenolic OH excluding ortho intramolecular Hbond substituents is 1. The van der Waals surface area contributed by atoms with E-state index in [1.807, 2.05) is 0 Å². The van der Waals surface area contributed by atoms with Gasteiger partial charge < -0.3 is 9.52 Å². The zero-order valence-electron chi connectivity index (χ0n) is 6.25. The summed E-state index contributed by atoms with van der Waals surface area (Å²) in [6.07, 6.45) is 0. The van der Waals surface area contributed by atoms with Gasteiger partial charge in [0.1, 0.15) is 23.8 Å². The highest BCUT2D eigenvalue weighted by Gasteiger charge is 2.02. The molecule has 0 aliphatic rings. The van der Waals surface area contributed by atoms with Crippen molar-refractivity contribution in [3.63, 3.8) is 0 Å². The molecular weight excluding hydrogens is 159 g/mol. The number of fused-ring (bicyclic) bond motifs is 1. The topological polar surface area (TPSA) is 33.4 Å². The second kappa shape index (κ2) is 2.52. The molecule has 0 radical (unpaired) electrons. The van der Waals surface area contributed by atoms with Crippen LogP contribution in [0.3, 0.4) is 0 Å². The van der Waals surface area contributed by atoms with Crippen LogP contribution in [-0.4, -0.2) is 5.11 Å². The van der Waals surface area contributed by atoms with Crippen LogP contribution >= 0.6 is 0 Å². The van der Waals surface area contributed by atoms with Gasteiger partial charge in [-0.2, -0.15) is 0 Å². The molecule has 0 fully saturated rings. The van der Waals surface area contributed by atoms with Crippen LogP contribution in [0.5, 0.6) is 5.75 Å². The first kappa shape index (κ1) is 7.16. The Balaban J connectivity index is 2.67. The first-order chi connectivity index (χ1) is 5.79. The van der Waals surface area contributed by atoms with E-state index >= 15 is 0 Å². The molecule has 0 aliphatic heterocycles. The molecule has 62 valence electrons. The molecule has 0 unspecified atom stereocenters. The summed E-state index contributed by atoms with van der Waals surface area (Å²) < 4.78 is 17.2. The first-order valence-corrected chi connectivity index (χ1v) is 3.57. The van der Waals surface area contributed by atoms with E-state index in [1.54, 1.807) is 12.1 Å². The van der Waals surface area contributed by atoms with Gasteiger partial charge in [-0.1, -0.05) is 0 Å². The Morgan fingerprint density at radius 1 is 1.33 bits per heavy atom. The van der Waals surface area contributed by atoms with E-state index in [0.29, 0.717) is 5.58 Å². The summed E-state index contributed by atoms with van der Waals surface area (Å²) in [4.78, 5) is 0. The maximum atomic E-state index is 12.1. The smallest absolute Gasteiger partial charge is 0.147 e. The van der Waals surface area contributed by atoms with Gasteiger partial charge in [0, 0.05) is 5.39 Å². The largest absolute Gasteiger partial charge is 0.508 e. The summed E-state index contributed by atoms with van der Waals surface area (Å²) in [5.74, 6) is 0.448. The number of alkyl halides is 1. The van der Waals surface area contributed by atoms with Gasteiger partial charge in [0.2, 0.25) is 0 Å². The summed E-state index contributed by atoms with van der Waals surface area (Å²) in [6, 6.07) is 6.24. The lowest BCUT2D eigenvalue weighted by Crippen LogP contribution is -1.64. The predicted octanol–water partition coefficient (Wildman–Crippen LogP) is 2.61. The molecule has 2 rings (SSSR count). The number of phenols is 1. The molecule has 1 aromatic heterocycles. The van der Waals surface area contributed by atoms with Crippen molar-refractivity contribution in [1.29, 1.82) is 0 Å². The van der Waals surface area contributed by atoms with Crippen LogP contribution in [0.25, 0.3) is 11.0 Å². The minimum Gasteiger partial charge on any atom is -0.508 e. The maximum Gasteiger partial charge on any atom is 0.147 e. The zero-order valence-corrected chi connectivity index (χ0v) is 6.25. The van der Waals surface area contributed by atoms with Crippen LogP contribution in [0.15, 0.2) is 28.7 Å². The fraction of sp³-hybridized carbons (Fsp3) is 0.111. The molecule has 1 aromatic carbocycles. The number of benzene rings is 1. The summed E-state index contributed by atoms with van der Waals surface area (Å²) in [5.41, 5.74) is 0.598. The number of furan rings is 1. The minimum atomic E-state index is -0.616. The van der Waals surface area contributed by atoms with Crippen molar-refractivity contribution in [2.24, 2.45) is 0 Å². The van der Waals surface area contributed by atoms with Crippen LogP contribution in [0, 0.1) is 0 Å². The molecule has 1 heterocycles. The molecule has 2 aromatic rings. The normalized spacial score (nSPS) is 10.8. The van der Waals surface area contributed by atoms with Gasteiger partial charge in [0.25, 0.3) is 0 Å². The molecule has 0 aliphatic carbocycles. The Morgan fingerprint density at radius 3 is 2.92 bits per heavy atom. The van der Waals surface area contributed by atoms with Crippen molar-refractivity contribution in [1.82, 2.24) is 0 Å². The van der Waals surface area contributed by atoms with Crippen LogP contribution in [0.2, 0.25) is 0 Å². The SMILES string of the molecule is Oc1ccc2oc(CF)cc2c1. The summed E-state index contributed by atoms with van der Waals surface area (Å²) >= 11 is 0. The Hall–Kier alpha value is -1.51. The first-order valence-electron chi connectivity index (χ1n) is 3.57. The summed E-state index contributed by atoms with van der Waals surface area (Å²) in [7, 11) is 0. The Kier molecular flexibility index (Phi) is 1.50. The maximum absolute atomic E-state index is 12.1. The third-order valence-corrected chi connectivity index (χ3v) is 1.68. The number of hydrogen-bond donors (Lipinski definition) is 1. The van der Waals surface area contributed by atoms with Crippen molar-refractivity contribution < 1.29 is 13.9 Å². The van der Waals surface area contributed by atoms with Crippen molar-refractivity contribution in [2.75, 3.05) is 0 Å². The lowest BCUT2D eigenvalue weighted by molar-refractivity contribution is 0.406. The van der Waals surface area contributed by atoms with Gasteiger partial charge in [-0.15, -0.1) is 0 Å². The van der Waals surface area contributed by atoms with Crippen LogP contribution in [0.4, 0.5) is 4.39 Å². The molecule has 0 bridgehead atoms. The van der Waals surface area contributed by atoms with Crippen LogP contribution in [-0.2, 0) is 6.67 Å². The molecule has 1 N–H and O–H groups in total. The average molecular weight is 166 g/mol. The third kappa shape index (κ3) is 1.03. The summed E-state index contributed by atoms with van der Waals surface area (Å²) in [5, 5.41) is 9.80. The van der Waals surface area contributed by atoms with Gasteiger partial charge >= 0.3 is 0 Å². The third-order valence-electron chi connectivity index (χ3n) is 1.68. The molecule has 0 spiro atoms. The highest BCUT2D eigenvalue weighted by Crippen LogP contribution is 2.23.